The summed E-state index contributed by atoms with van der Waals surface area (Å²) < 4.78 is 0. The van der Waals surface area contributed by atoms with Gasteiger partial charge in [-0.15, -0.1) is 0 Å². The third kappa shape index (κ3) is 1.59. The van der Waals surface area contributed by atoms with E-state index in [0.29, 0.717) is 11.3 Å². The van der Waals surface area contributed by atoms with Crippen LogP contribution >= 0.6 is 11.6 Å². The second-order valence-electron chi connectivity index (χ2n) is 3.68. The van der Waals surface area contributed by atoms with Crippen LogP contribution in [0, 0.1) is 0 Å². The Morgan fingerprint density at radius 2 is 1.94 bits per heavy atom. The van der Waals surface area contributed by atoms with Gasteiger partial charge in [-0.05, 0) is 23.7 Å². The van der Waals surface area contributed by atoms with Gasteiger partial charge in [-0.1, -0.05) is 6.07 Å². The molecule has 17 heavy (non-hydrogen) atoms. The summed E-state index contributed by atoms with van der Waals surface area (Å²) >= 11 is 5.36. The van der Waals surface area contributed by atoms with E-state index >= 15 is 0 Å². The highest BCUT2D eigenvalue weighted by molar-refractivity contribution is 6.66. The fraction of sp³-hybridized carbons (Fsp3) is 0.182. The van der Waals surface area contributed by atoms with Crippen LogP contribution in [0.5, 0.6) is 0 Å². The van der Waals surface area contributed by atoms with Crippen LogP contribution in [0.3, 0.4) is 0 Å². The molecule has 0 fully saturated rings. The first-order valence-electron chi connectivity index (χ1n) is 4.83. The maximum absolute atomic E-state index is 11.9. The summed E-state index contributed by atoms with van der Waals surface area (Å²) in [5.41, 5.74) is 0.849. The molecule has 88 valence electrons. The highest BCUT2D eigenvalue weighted by Crippen LogP contribution is 2.30. The third-order valence-corrected chi connectivity index (χ3v) is 2.97. The molecule has 0 aromatic heterocycles. The molecule has 1 aliphatic heterocycles. The fourth-order valence-electron chi connectivity index (χ4n) is 1.76. The van der Waals surface area contributed by atoms with Gasteiger partial charge >= 0.3 is 5.37 Å². The summed E-state index contributed by atoms with van der Waals surface area (Å²) in [6, 6.07) is 4.73. The van der Waals surface area contributed by atoms with Crippen LogP contribution in [-0.4, -0.2) is 36.2 Å². The lowest BCUT2D eigenvalue weighted by molar-refractivity contribution is 0.0693. The number of nitrogens with zero attached hydrogens (tertiary/aromatic N) is 2. The number of carbonyl (C=O) groups excluding carboxylic acids is 3. The SMILES string of the molecule is CN1C(=O)c2cccc(N(C)C(=O)Cl)c2C1=O. The molecule has 1 heterocycles. The molecule has 2 rings (SSSR count). The smallest absolute Gasteiger partial charge is 0.301 e. The van der Waals surface area contributed by atoms with E-state index in [0.717, 1.165) is 9.80 Å². The molecule has 5 nitrogen and oxygen atoms in total. The molecule has 3 amide bonds. The monoisotopic (exact) mass is 252 g/mol. The third-order valence-electron chi connectivity index (χ3n) is 2.72. The van der Waals surface area contributed by atoms with Crippen molar-refractivity contribution in [3.63, 3.8) is 0 Å². The molecular formula is C11H9ClN2O3. The summed E-state index contributed by atoms with van der Waals surface area (Å²) in [5.74, 6) is -0.798. The molecule has 1 aromatic carbocycles. The number of hydrogen-bond donors (Lipinski definition) is 0. The first-order chi connectivity index (χ1) is 7.95. The van der Waals surface area contributed by atoms with Gasteiger partial charge in [-0.3, -0.25) is 19.3 Å². The molecule has 0 saturated heterocycles. The van der Waals surface area contributed by atoms with Crippen molar-refractivity contribution in [3.05, 3.63) is 29.3 Å². The summed E-state index contributed by atoms with van der Waals surface area (Å²) in [7, 11) is 2.85. The van der Waals surface area contributed by atoms with Crippen LogP contribution < -0.4 is 4.90 Å². The number of amides is 3. The van der Waals surface area contributed by atoms with Crippen LogP contribution in [0.4, 0.5) is 10.5 Å². The van der Waals surface area contributed by atoms with E-state index in [1.54, 1.807) is 18.2 Å². The minimum absolute atomic E-state index is 0.219. The normalized spacial score (nSPS) is 13.9. The van der Waals surface area contributed by atoms with Crippen LogP contribution in [0.2, 0.25) is 0 Å². The van der Waals surface area contributed by atoms with Gasteiger partial charge in [0.05, 0.1) is 16.8 Å². The van der Waals surface area contributed by atoms with Crippen molar-refractivity contribution in [3.8, 4) is 0 Å². The Kier molecular flexibility index (Phi) is 2.63. The summed E-state index contributed by atoms with van der Waals surface area (Å²) in [5, 5.41) is -0.715. The minimum atomic E-state index is -0.715. The molecule has 0 saturated carbocycles. The van der Waals surface area contributed by atoms with E-state index in [4.69, 9.17) is 11.6 Å². The number of benzene rings is 1. The fourth-order valence-corrected chi connectivity index (χ4v) is 1.85. The van der Waals surface area contributed by atoms with E-state index in [2.05, 4.69) is 0 Å². The summed E-state index contributed by atoms with van der Waals surface area (Å²) in [6.45, 7) is 0. The first-order valence-corrected chi connectivity index (χ1v) is 5.21. The largest absolute Gasteiger partial charge is 0.320 e. The van der Waals surface area contributed by atoms with Gasteiger partial charge in [0, 0.05) is 14.1 Å². The molecule has 6 heteroatoms. The Morgan fingerprint density at radius 3 is 2.53 bits per heavy atom. The number of imide groups is 1. The van der Waals surface area contributed by atoms with Gasteiger partial charge in [0.15, 0.2) is 0 Å². The molecule has 0 aliphatic carbocycles. The quantitative estimate of drug-likeness (QED) is 0.434. The molecule has 0 N–H and O–H groups in total. The number of anilines is 1. The first kappa shape index (κ1) is 11.6. The van der Waals surface area contributed by atoms with Gasteiger partial charge in [0.2, 0.25) is 0 Å². The van der Waals surface area contributed by atoms with Crippen molar-refractivity contribution in [1.29, 1.82) is 0 Å². The van der Waals surface area contributed by atoms with E-state index in [1.165, 1.54) is 14.1 Å². The second-order valence-corrected chi connectivity index (χ2v) is 4.00. The Morgan fingerprint density at radius 1 is 1.29 bits per heavy atom. The van der Waals surface area contributed by atoms with Crippen molar-refractivity contribution in [2.45, 2.75) is 0 Å². The number of hydrogen-bond acceptors (Lipinski definition) is 3. The molecular weight excluding hydrogens is 244 g/mol. The Labute approximate surface area is 103 Å². The van der Waals surface area contributed by atoms with Crippen molar-refractivity contribution in [1.82, 2.24) is 4.90 Å². The maximum atomic E-state index is 11.9. The van der Waals surface area contributed by atoms with E-state index in [9.17, 15) is 14.4 Å². The van der Waals surface area contributed by atoms with Crippen molar-refractivity contribution >= 4 is 34.5 Å². The maximum Gasteiger partial charge on any atom is 0.320 e. The molecule has 1 aromatic rings. The van der Waals surface area contributed by atoms with Gasteiger partial charge in [0.25, 0.3) is 11.8 Å². The number of rotatable bonds is 1. The minimum Gasteiger partial charge on any atom is -0.301 e. The lowest BCUT2D eigenvalue weighted by Crippen LogP contribution is -2.26. The van der Waals surface area contributed by atoms with E-state index in [1.807, 2.05) is 0 Å². The highest BCUT2D eigenvalue weighted by atomic mass is 35.5. The van der Waals surface area contributed by atoms with Crippen LogP contribution in [0.25, 0.3) is 0 Å². The van der Waals surface area contributed by atoms with Crippen molar-refractivity contribution in [2.24, 2.45) is 0 Å². The summed E-state index contributed by atoms with van der Waals surface area (Å²) in [6.07, 6.45) is 0. The zero-order valence-corrected chi connectivity index (χ0v) is 9.99. The van der Waals surface area contributed by atoms with Crippen LogP contribution in [0.1, 0.15) is 20.7 Å². The highest BCUT2D eigenvalue weighted by Gasteiger charge is 2.36. The lowest BCUT2D eigenvalue weighted by Gasteiger charge is -2.15. The van der Waals surface area contributed by atoms with Gasteiger partial charge in [-0.25, -0.2) is 0 Å². The predicted octanol–water partition coefficient (Wildman–Crippen LogP) is 1.71. The van der Waals surface area contributed by atoms with Crippen LogP contribution in [0.15, 0.2) is 18.2 Å². The van der Waals surface area contributed by atoms with E-state index in [-0.39, 0.29) is 11.5 Å². The number of fused-ring (bicyclic) bond motifs is 1. The Bertz CT molecular complexity index is 542. The Hall–Kier alpha value is -1.88. The second kappa shape index (κ2) is 3.85. The molecule has 0 bridgehead atoms. The predicted molar refractivity (Wildman–Crippen MR) is 62.5 cm³/mol. The Balaban J connectivity index is 2.64. The molecule has 1 aliphatic rings. The number of halogens is 1. The summed E-state index contributed by atoms with van der Waals surface area (Å²) in [4.78, 5) is 36.8. The molecule has 0 unspecified atom stereocenters. The average Bonchev–Trinajstić information content (AvgIpc) is 2.53. The standard InChI is InChI=1S/C11H9ClN2O3/c1-13(11(12)17)7-5-3-4-6-8(7)10(16)14(2)9(6)15/h3-5H,1-2H3. The molecule has 0 atom stereocenters. The number of carbonyl (C=O) groups is 3. The van der Waals surface area contributed by atoms with Gasteiger partial charge in [-0.2, -0.15) is 0 Å². The van der Waals surface area contributed by atoms with Gasteiger partial charge < -0.3 is 4.90 Å². The zero-order valence-electron chi connectivity index (χ0n) is 9.23. The van der Waals surface area contributed by atoms with Crippen LogP contribution in [-0.2, 0) is 0 Å². The molecule has 0 radical (unpaired) electrons. The van der Waals surface area contributed by atoms with Crippen molar-refractivity contribution in [2.75, 3.05) is 19.0 Å². The topological polar surface area (TPSA) is 57.7 Å². The van der Waals surface area contributed by atoms with E-state index < -0.39 is 11.3 Å². The zero-order chi connectivity index (χ0) is 12.7. The average molecular weight is 253 g/mol. The van der Waals surface area contributed by atoms with Crippen molar-refractivity contribution < 1.29 is 14.4 Å². The lowest BCUT2D eigenvalue weighted by atomic mass is 10.1. The molecule has 0 spiro atoms. The van der Waals surface area contributed by atoms with Gasteiger partial charge in [0.1, 0.15) is 0 Å².